The van der Waals surface area contributed by atoms with Gasteiger partial charge in [-0.25, -0.2) is 39.9 Å². The van der Waals surface area contributed by atoms with Gasteiger partial charge in [0.05, 0.1) is 0 Å². The number of hydrogen-bond donors (Lipinski definition) is 0. The Balaban J connectivity index is 1.19. The molecule has 0 aromatic carbocycles. The maximum absolute atomic E-state index is 5.83. The second-order valence-electron chi connectivity index (χ2n) is 9.08. The molecule has 0 amide bonds. The first kappa shape index (κ1) is 22.5. The van der Waals surface area contributed by atoms with Crippen LogP contribution in [0.5, 0.6) is 0 Å². The van der Waals surface area contributed by atoms with Crippen LogP contribution < -0.4 is 0 Å². The van der Waals surface area contributed by atoms with Gasteiger partial charge < -0.3 is 35.3 Å². The van der Waals surface area contributed by atoms with Gasteiger partial charge in [-0.2, -0.15) is 0 Å². The molecule has 0 fully saturated rings. The first-order valence-electron chi connectivity index (χ1n) is 12.3. The molecule has 9 heterocycles. The Labute approximate surface area is 231 Å². The second kappa shape index (κ2) is 8.10. The first-order valence-corrected chi connectivity index (χ1v) is 12.3. The summed E-state index contributed by atoms with van der Waals surface area (Å²) in [4.78, 5) is 35.7. The summed E-state index contributed by atoms with van der Waals surface area (Å²) in [6, 6.07) is 0. The van der Waals surface area contributed by atoms with Gasteiger partial charge >= 0.3 is 0 Å². The Morgan fingerprint density at radius 3 is 0.929 bits per heavy atom. The van der Waals surface area contributed by atoms with Crippen molar-refractivity contribution in [3.63, 3.8) is 0 Å². The predicted octanol–water partition coefficient (Wildman–Crippen LogP) is 5.86. The van der Waals surface area contributed by atoms with E-state index in [1.54, 1.807) is 13.8 Å². The van der Waals surface area contributed by atoms with Gasteiger partial charge in [-0.15, -0.1) is 0 Å². The van der Waals surface area contributed by atoms with Crippen molar-refractivity contribution in [2.45, 2.75) is 13.8 Å². The fourth-order valence-electron chi connectivity index (χ4n) is 4.33. The average Bonchev–Trinajstić information content (AvgIpc) is 3.81. The summed E-state index contributed by atoms with van der Waals surface area (Å²) in [6.45, 7) is 3.45. The van der Waals surface area contributed by atoms with Gasteiger partial charge in [-0.3, -0.25) is 0 Å². The van der Waals surface area contributed by atoms with Crippen LogP contribution in [-0.2, 0) is 0 Å². The standard InChI is InChI=1S/C26H12N8O8/c1-9-17-25-31-13(5-39-25)21-27-12(4-35-21)20-30-16(8-38-20)24-34-18(10(2)42-24)26-32-14(6-40-26)22-28-11(3-36-22)19-29-15(7-37-19)23(33-17)41-9/h3-8H,1-2H3. The molecular formula is C26H12N8O8. The third-order valence-electron chi connectivity index (χ3n) is 6.34. The van der Waals surface area contributed by atoms with Gasteiger partial charge in [0.2, 0.25) is 47.1 Å². The molecule has 0 radical (unpaired) electrons. The molecule has 16 heteroatoms. The second-order valence-corrected chi connectivity index (χ2v) is 9.08. The maximum atomic E-state index is 5.83. The van der Waals surface area contributed by atoms with Crippen molar-refractivity contribution in [2.24, 2.45) is 0 Å². The highest BCUT2D eigenvalue weighted by molar-refractivity contribution is 5.64. The normalized spacial score (nSPS) is 12.0. The number of aromatic nitrogens is 8. The van der Waals surface area contributed by atoms with Crippen LogP contribution >= 0.6 is 0 Å². The summed E-state index contributed by atoms with van der Waals surface area (Å²) in [5.41, 5.74) is 2.68. The van der Waals surface area contributed by atoms with Crippen molar-refractivity contribution in [2.75, 3.05) is 0 Å². The summed E-state index contributed by atoms with van der Waals surface area (Å²) >= 11 is 0. The zero-order valence-electron chi connectivity index (χ0n) is 21.3. The number of hydrogen-bond acceptors (Lipinski definition) is 16. The van der Waals surface area contributed by atoms with Gasteiger partial charge in [0, 0.05) is 0 Å². The molecule has 0 spiro atoms. The lowest BCUT2D eigenvalue weighted by molar-refractivity contribution is 0.534. The molecule has 16 bridgehead atoms. The quantitative estimate of drug-likeness (QED) is 0.211. The minimum Gasteiger partial charge on any atom is -0.442 e. The number of aryl methyl sites for hydroxylation is 2. The smallest absolute Gasteiger partial charge is 0.249 e. The molecular weight excluding hydrogens is 552 g/mol. The molecule has 8 aromatic rings. The summed E-state index contributed by atoms with van der Waals surface area (Å²) in [5.74, 6) is 2.38. The summed E-state index contributed by atoms with van der Waals surface area (Å²) < 4.78 is 45.5. The Hall–Kier alpha value is -6.32. The molecule has 9 rings (SSSR count). The summed E-state index contributed by atoms with van der Waals surface area (Å²) in [7, 11) is 0. The Morgan fingerprint density at radius 1 is 0.333 bits per heavy atom. The number of oxazole rings is 8. The molecule has 1 aliphatic heterocycles. The van der Waals surface area contributed by atoms with Crippen LogP contribution in [0.25, 0.3) is 92.7 Å². The highest BCUT2D eigenvalue weighted by Crippen LogP contribution is 2.34. The fraction of sp³-hybridized carbons (Fsp3) is 0.0769. The van der Waals surface area contributed by atoms with Gasteiger partial charge in [-0.1, -0.05) is 0 Å². The van der Waals surface area contributed by atoms with Crippen molar-refractivity contribution < 1.29 is 35.3 Å². The zero-order valence-corrected chi connectivity index (χ0v) is 21.3. The molecule has 0 unspecified atom stereocenters. The Morgan fingerprint density at radius 2 is 0.595 bits per heavy atom. The minimum atomic E-state index is 0.178. The number of fused-ring (bicyclic) bond motifs is 24. The van der Waals surface area contributed by atoms with Crippen molar-refractivity contribution in [1.82, 2.24) is 39.9 Å². The Bertz CT molecular complexity index is 2110. The monoisotopic (exact) mass is 564 g/mol. The lowest BCUT2D eigenvalue weighted by atomic mass is 10.3. The van der Waals surface area contributed by atoms with E-state index in [-0.39, 0.29) is 47.1 Å². The molecule has 42 heavy (non-hydrogen) atoms. The van der Waals surface area contributed by atoms with Crippen LogP contribution in [0.3, 0.4) is 0 Å². The van der Waals surface area contributed by atoms with E-state index in [0.29, 0.717) is 57.1 Å². The van der Waals surface area contributed by atoms with Crippen LogP contribution in [0, 0.1) is 13.8 Å². The molecule has 8 aromatic heterocycles. The predicted molar refractivity (Wildman–Crippen MR) is 133 cm³/mol. The minimum absolute atomic E-state index is 0.178. The summed E-state index contributed by atoms with van der Waals surface area (Å²) in [5, 5.41) is 0. The van der Waals surface area contributed by atoms with Crippen molar-refractivity contribution in [3.05, 3.63) is 49.1 Å². The van der Waals surface area contributed by atoms with E-state index in [1.807, 2.05) is 0 Å². The largest absolute Gasteiger partial charge is 0.442 e. The average molecular weight is 564 g/mol. The number of rotatable bonds is 0. The van der Waals surface area contributed by atoms with Crippen LogP contribution in [0.1, 0.15) is 11.5 Å². The van der Waals surface area contributed by atoms with E-state index in [2.05, 4.69) is 39.9 Å². The Kier molecular flexibility index (Phi) is 4.34. The van der Waals surface area contributed by atoms with Crippen LogP contribution in [0.2, 0.25) is 0 Å². The van der Waals surface area contributed by atoms with E-state index in [0.717, 1.165) is 0 Å². The highest BCUT2D eigenvalue weighted by atomic mass is 16.4. The third-order valence-corrected chi connectivity index (χ3v) is 6.34. The van der Waals surface area contributed by atoms with Crippen LogP contribution in [0.15, 0.2) is 72.9 Å². The molecule has 16 nitrogen and oxygen atoms in total. The summed E-state index contributed by atoms with van der Waals surface area (Å²) in [6.07, 6.45) is 8.34. The first-order chi connectivity index (χ1) is 20.6. The van der Waals surface area contributed by atoms with Crippen LogP contribution in [-0.4, -0.2) is 39.9 Å². The third kappa shape index (κ3) is 3.35. The van der Waals surface area contributed by atoms with E-state index >= 15 is 0 Å². The topological polar surface area (TPSA) is 208 Å². The molecule has 204 valence electrons. The maximum Gasteiger partial charge on any atom is 0.249 e. The van der Waals surface area contributed by atoms with Crippen LogP contribution in [0.4, 0.5) is 0 Å². The van der Waals surface area contributed by atoms with Gasteiger partial charge in [0.1, 0.15) is 49.1 Å². The molecule has 0 saturated heterocycles. The zero-order chi connectivity index (χ0) is 27.9. The highest BCUT2D eigenvalue weighted by Gasteiger charge is 2.26. The van der Waals surface area contributed by atoms with Crippen molar-refractivity contribution in [3.8, 4) is 92.7 Å². The SMILES string of the molecule is Cc1oc2nc1-c1nc(co1)-c1nc(co1)-c1nc(co1)-c1nc(c(C)o1)-c1nc(co1)-c1nc(co1)-c1nc-2co1. The van der Waals surface area contributed by atoms with Gasteiger partial charge in [0.25, 0.3) is 0 Å². The molecule has 1 aliphatic rings. The van der Waals surface area contributed by atoms with Gasteiger partial charge in [0.15, 0.2) is 45.6 Å². The van der Waals surface area contributed by atoms with Crippen molar-refractivity contribution >= 4 is 0 Å². The van der Waals surface area contributed by atoms with E-state index in [1.165, 1.54) is 37.6 Å². The van der Waals surface area contributed by atoms with Crippen molar-refractivity contribution in [1.29, 1.82) is 0 Å². The molecule has 0 N–H and O–H groups in total. The molecule has 0 aliphatic carbocycles. The number of nitrogens with zero attached hydrogens (tertiary/aromatic N) is 8. The molecule has 0 atom stereocenters. The van der Waals surface area contributed by atoms with E-state index in [9.17, 15) is 0 Å². The molecule has 0 saturated carbocycles. The lowest BCUT2D eigenvalue weighted by Gasteiger charge is -1.88. The lowest BCUT2D eigenvalue weighted by Crippen LogP contribution is -1.85. The van der Waals surface area contributed by atoms with Gasteiger partial charge in [-0.05, 0) is 13.8 Å². The fourth-order valence-corrected chi connectivity index (χ4v) is 4.33. The van der Waals surface area contributed by atoms with E-state index in [4.69, 9.17) is 35.3 Å². The van der Waals surface area contributed by atoms with E-state index < -0.39 is 0 Å².